The minimum Gasteiger partial charge on any atom is -0.480 e. The van der Waals surface area contributed by atoms with Gasteiger partial charge in [-0.2, -0.15) is 0 Å². The number of aliphatic hydroxyl groups is 1. The van der Waals surface area contributed by atoms with Gasteiger partial charge in [0.1, 0.15) is 12.1 Å². The van der Waals surface area contributed by atoms with Crippen molar-refractivity contribution in [2.45, 2.75) is 83.1 Å². The van der Waals surface area contributed by atoms with Crippen LogP contribution in [-0.2, 0) is 25.6 Å². The average molecular weight is 547 g/mol. The minimum atomic E-state index is -1.57. The van der Waals surface area contributed by atoms with Crippen LogP contribution in [0.5, 0.6) is 0 Å². The Hall–Kier alpha value is -3.48. The molecular weight excluding hydrogens is 504 g/mol. The van der Waals surface area contributed by atoms with Gasteiger partial charge in [-0.15, -0.1) is 0 Å². The summed E-state index contributed by atoms with van der Waals surface area (Å²) in [6.07, 6.45) is 2.49. The third-order valence-corrected chi connectivity index (χ3v) is 6.42. The molecule has 2 rings (SSSR count). The van der Waals surface area contributed by atoms with Gasteiger partial charge in [-0.3, -0.25) is 14.4 Å². The summed E-state index contributed by atoms with van der Waals surface area (Å²) < 4.78 is 0. The maximum Gasteiger partial charge on any atom is 0.328 e. The number of benzene rings is 1. The lowest BCUT2D eigenvalue weighted by atomic mass is 10.00. The van der Waals surface area contributed by atoms with Crippen LogP contribution in [0.4, 0.5) is 0 Å². The van der Waals surface area contributed by atoms with Crippen LogP contribution in [0.25, 0.3) is 10.9 Å². The van der Waals surface area contributed by atoms with Crippen molar-refractivity contribution in [3.8, 4) is 0 Å². The number of aliphatic hydroxyl groups excluding tert-OH is 1. The topological polar surface area (TPSA) is 213 Å². The number of carboxylic acids is 1. The van der Waals surface area contributed by atoms with Gasteiger partial charge >= 0.3 is 5.97 Å². The molecule has 0 aliphatic rings. The summed E-state index contributed by atoms with van der Waals surface area (Å²) in [5, 5.41) is 27.8. The molecule has 3 amide bonds. The molecule has 1 aromatic heterocycles. The fourth-order valence-corrected chi connectivity index (χ4v) is 4.27. The van der Waals surface area contributed by atoms with E-state index < -0.39 is 54.0 Å². The van der Waals surface area contributed by atoms with Crippen molar-refractivity contribution in [3.05, 3.63) is 36.0 Å². The molecule has 0 saturated heterocycles. The molecule has 0 radical (unpaired) electrons. The highest BCUT2D eigenvalue weighted by Gasteiger charge is 2.32. The van der Waals surface area contributed by atoms with Gasteiger partial charge in [0.05, 0.1) is 12.1 Å². The highest BCUT2D eigenvalue weighted by atomic mass is 16.4. The molecule has 12 heteroatoms. The second-order valence-electron chi connectivity index (χ2n) is 10.3. The molecule has 2 aromatic rings. The van der Waals surface area contributed by atoms with Gasteiger partial charge in [0, 0.05) is 23.5 Å². The molecular formula is C27H42N6O6. The van der Waals surface area contributed by atoms with E-state index in [1.54, 1.807) is 6.20 Å². The summed E-state index contributed by atoms with van der Waals surface area (Å²) in [6, 6.07) is 2.88. The molecule has 216 valence electrons. The maximum atomic E-state index is 13.4. The first-order valence-electron chi connectivity index (χ1n) is 13.3. The van der Waals surface area contributed by atoms with Crippen molar-refractivity contribution < 1.29 is 29.4 Å². The molecule has 0 saturated carbocycles. The quantitative estimate of drug-likeness (QED) is 0.135. The summed E-state index contributed by atoms with van der Waals surface area (Å²) >= 11 is 0. The van der Waals surface area contributed by atoms with Crippen molar-refractivity contribution in [2.75, 3.05) is 6.54 Å². The Morgan fingerprint density at radius 3 is 2.21 bits per heavy atom. The van der Waals surface area contributed by atoms with E-state index in [0.29, 0.717) is 25.8 Å². The van der Waals surface area contributed by atoms with E-state index in [0.717, 1.165) is 22.9 Å². The molecule has 0 spiro atoms. The lowest BCUT2D eigenvalue weighted by molar-refractivity contribution is -0.145. The first-order chi connectivity index (χ1) is 18.4. The van der Waals surface area contributed by atoms with E-state index in [4.69, 9.17) is 11.5 Å². The van der Waals surface area contributed by atoms with Crippen molar-refractivity contribution in [1.29, 1.82) is 0 Å². The monoisotopic (exact) mass is 546 g/mol. The van der Waals surface area contributed by atoms with E-state index in [1.807, 2.05) is 38.1 Å². The molecule has 5 atom stereocenters. The van der Waals surface area contributed by atoms with Crippen molar-refractivity contribution in [3.63, 3.8) is 0 Å². The maximum absolute atomic E-state index is 13.4. The van der Waals surface area contributed by atoms with Gasteiger partial charge in [-0.05, 0) is 50.3 Å². The van der Waals surface area contributed by atoms with Crippen LogP contribution in [0.15, 0.2) is 30.5 Å². The predicted octanol–water partition coefficient (Wildman–Crippen LogP) is 0.133. The van der Waals surface area contributed by atoms with Crippen LogP contribution >= 0.6 is 0 Å². The number of nitrogens with one attached hydrogen (secondary N) is 4. The normalized spacial score (nSPS) is 15.3. The summed E-state index contributed by atoms with van der Waals surface area (Å²) in [6.45, 7) is 5.52. The largest absolute Gasteiger partial charge is 0.480 e. The third kappa shape index (κ3) is 9.65. The van der Waals surface area contributed by atoms with Crippen molar-refractivity contribution in [2.24, 2.45) is 17.4 Å². The van der Waals surface area contributed by atoms with Gasteiger partial charge in [-0.1, -0.05) is 38.5 Å². The Balaban J connectivity index is 2.28. The Kier molecular flexibility index (Phi) is 12.4. The molecule has 0 aliphatic carbocycles. The van der Waals surface area contributed by atoms with Crippen molar-refractivity contribution >= 4 is 34.6 Å². The number of carbonyl (C=O) groups is 4. The highest BCUT2D eigenvalue weighted by molar-refractivity contribution is 5.95. The van der Waals surface area contributed by atoms with Crippen LogP contribution in [-0.4, -0.2) is 75.7 Å². The summed E-state index contributed by atoms with van der Waals surface area (Å²) in [5.41, 5.74) is 13.1. The zero-order valence-electron chi connectivity index (χ0n) is 22.8. The number of nitrogens with two attached hydrogens (primary N) is 2. The Morgan fingerprint density at radius 1 is 0.949 bits per heavy atom. The van der Waals surface area contributed by atoms with E-state index in [1.165, 1.54) is 6.92 Å². The number of para-hydroxylation sites is 1. The molecule has 39 heavy (non-hydrogen) atoms. The van der Waals surface area contributed by atoms with Crippen LogP contribution in [0.2, 0.25) is 0 Å². The minimum absolute atomic E-state index is 0.0297. The Morgan fingerprint density at radius 2 is 1.59 bits per heavy atom. The molecule has 0 bridgehead atoms. The Labute approximate surface area is 228 Å². The number of aromatic amines is 1. The fourth-order valence-electron chi connectivity index (χ4n) is 4.27. The fraction of sp³-hybridized carbons (Fsp3) is 0.556. The number of amides is 3. The number of fused-ring (bicyclic) bond motifs is 1. The van der Waals surface area contributed by atoms with Gasteiger partial charge in [-0.25, -0.2) is 4.79 Å². The van der Waals surface area contributed by atoms with E-state index in [9.17, 15) is 29.4 Å². The second kappa shape index (κ2) is 15.2. The number of rotatable bonds is 16. The zero-order chi connectivity index (χ0) is 29.1. The molecule has 1 aromatic carbocycles. The first kappa shape index (κ1) is 31.7. The van der Waals surface area contributed by atoms with Crippen LogP contribution in [0.1, 0.15) is 52.0 Å². The van der Waals surface area contributed by atoms with Crippen LogP contribution in [0, 0.1) is 5.92 Å². The highest BCUT2D eigenvalue weighted by Crippen LogP contribution is 2.19. The lowest BCUT2D eigenvalue weighted by Gasteiger charge is -2.26. The number of hydrogen-bond donors (Lipinski definition) is 8. The number of aromatic nitrogens is 1. The number of carbonyl (C=O) groups excluding carboxylic acids is 3. The van der Waals surface area contributed by atoms with E-state index in [-0.39, 0.29) is 12.3 Å². The smallest absolute Gasteiger partial charge is 0.328 e. The lowest BCUT2D eigenvalue weighted by Crippen LogP contribution is -2.59. The molecule has 0 aliphatic heterocycles. The van der Waals surface area contributed by atoms with Crippen LogP contribution in [0.3, 0.4) is 0 Å². The molecule has 12 nitrogen and oxygen atoms in total. The number of carboxylic acid groups (broad SMARTS) is 1. The van der Waals surface area contributed by atoms with Gasteiger partial charge in [0.2, 0.25) is 17.7 Å². The summed E-state index contributed by atoms with van der Waals surface area (Å²) in [7, 11) is 0. The SMILES string of the molecule is CC(C)CC(NC(=O)C(N)CCCCN)C(=O)NC(Cc1c[nH]c2ccccc12)C(=O)NC(C(=O)O)C(C)O. The average Bonchev–Trinajstić information content (AvgIpc) is 3.28. The molecule has 5 unspecified atom stereocenters. The van der Waals surface area contributed by atoms with Gasteiger partial charge in [0.25, 0.3) is 0 Å². The van der Waals surface area contributed by atoms with Gasteiger partial charge < -0.3 is 42.6 Å². The van der Waals surface area contributed by atoms with E-state index >= 15 is 0 Å². The standard InChI is InChI=1S/C27H42N6O6/c1-15(2)12-21(31-24(35)19(29)9-6-7-11-28)25(36)32-22(26(37)33-23(16(3)34)27(38)39)13-17-14-30-20-10-5-4-8-18(17)20/h4-5,8,10,14-16,19,21-23,30,34H,6-7,9,11-13,28-29H2,1-3H3,(H,31,35)(H,32,36)(H,33,37)(H,38,39). The zero-order valence-corrected chi connectivity index (χ0v) is 22.8. The molecule has 10 N–H and O–H groups in total. The van der Waals surface area contributed by atoms with Gasteiger partial charge in [0.15, 0.2) is 6.04 Å². The molecule has 0 fully saturated rings. The third-order valence-electron chi connectivity index (χ3n) is 6.42. The second-order valence-corrected chi connectivity index (χ2v) is 10.3. The number of hydrogen-bond acceptors (Lipinski definition) is 7. The van der Waals surface area contributed by atoms with Crippen molar-refractivity contribution in [1.82, 2.24) is 20.9 Å². The summed E-state index contributed by atoms with van der Waals surface area (Å²) in [5.74, 6) is -3.25. The van der Waals surface area contributed by atoms with E-state index in [2.05, 4.69) is 20.9 Å². The number of H-pyrrole nitrogens is 1. The predicted molar refractivity (Wildman–Crippen MR) is 147 cm³/mol. The Bertz CT molecular complexity index is 1120. The summed E-state index contributed by atoms with van der Waals surface area (Å²) in [4.78, 5) is 54.1. The molecule has 1 heterocycles. The number of unbranched alkanes of at least 4 members (excludes halogenated alkanes) is 1. The van der Waals surface area contributed by atoms with Crippen LogP contribution < -0.4 is 27.4 Å². The first-order valence-corrected chi connectivity index (χ1v) is 13.3. The number of aliphatic carboxylic acids is 1.